The van der Waals surface area contributed by atoms with Gasteiger partial charge in [0.2, 0.25) is 0 Å². The molecule has 1 aromatic carbocycles. The van der Waals surface area contributed by atoms with E-state index >= 15 is 0 Å². The van der Waals surface area contributed by atoms with Gasteiger partial charge in [0, 0.05) is 43.9 Å². The first-order chi connectivity index (χ1) is 9.86. The van der Waals surface area contributed by atoms with E-state index < -0.39 is 4.92 Å². The largest absolute Gasteiger partial charge is 0.337 e. The predicted octanol–water partition coefficient (Wildman–Crippen LogP) is 4.45. The maximum absolute atomic E-state index is 12.4. The average Bonchev–Trinajstić information content (AvgIpc) is 2.82. The second kappa shape index (κ2) is 6.67. The van der Waals surface area contributed by atoms with Gasteiger partial charge in [0.15, 0.2) is 0 Å². The topological polar surface area (TPSA) is 63.5 Å². The number of carbonyl (C=O) groups is 1. The van der Waals surface area contributed by atoms with Gasteiger partial charge in [0.25, 0.3) is 11.6 Å². The molecule has 21 heavy (non-hydrogen) atoms. The van der Waals surface area contributed by atoms with Gasteiger partial charge in [0.1, 0.15) is 0 Å². The van der Waals surface area contributed by atoms with Crippen LogP contribution in [0.4, 0.5) is 5.69 Å². The van der Waals surface area contributed by atoms with E-state index in [0.717, 1.165) is 9.35 Å². The number of hydrogen-bond acceptors (Lipinski definition) is 4. The molecule has 0 radical (unpaired) electrons. The smallest absolute Gasteiger partial charge is 0.271 e. The lowest BCUT2D eigenvalue weighted by molar-refractivity contribution is -0.385. The Morgan fingerprint density at radius 2 is 2.00 bits per heavy atom. The molecule has 0 aliphatic rings. The average molecular weight is 434 g/mol. The summed E-state index contributed by atoms with van der Waals surface area (Å²) in [6.45, 7) is 0.454. The minimum Gasteiger partial charge on any atom is -0.337 e. The van der Waals surface area contributed by atoms with Gasteiger partial charge in [-0.2, -0.15) is 0 Å². The van der Waals surface area contributed by atoms with Crippen molar-refractivity contribution in [2.24, 2.45) is 0 Å². The molecular weight excluding hydrogens is 424 g/mol. The van der Waals surface area contributed by atoms with E-state index in [1.165, 1.54) is 17.0 Å². The molecule has 1 heterocycles. The molecule has 0 atom stereocenters. The Bertz CT molecular complexity index is 702. The molecule has 0 saturated heterocycles. The highest BCUT2D eigenvalue weighted by Gasteiger charge is 2.17. The third-order valence-corrected chi connectivity index (χ3v) is 4.84. The zero-order valence-electron chi connectivity index (χ0n) is 10.9. The Kier molecular flexibility index (Phi) is 5.13. The number of amides is 1. The Morgan fingerprint density at radius 3 is 2.57 bits per heavy atom. The van der Waals surface area contributed by atoms with Crippen LogP contribution in [0.3, 0.4) is 0 Å². The molecule has 1 aromatic heterocycles. The normalized spacial score (nSPS) is 10.4. The van der Waals surface area contributed by atoms with Crippen LogP contribution in [0.2, 0.25) is 0 Å². The molecule has 0 aliphatic heterocycles. The van der Waals surface area contributed by atoms with Crippen molar-refractivity contribution in [3.05, 3.63) is 59.1 Å². The second-order valence-corrected chi connectivity index (χ2v) is 7.17. The number of rotatable bonds is 4. The van der Waals surface area contributed by atoms with Gasteiger partial charge < -0.3 is 4.90 Å². The van der Waals surface area contributed by atoms with Gasteiger partial charge >= 0.3 is 0 Å². The summed E-state index contributed by atoms with van der Waals surface area (Å²) in [6, 6.07) is 6.18. The summed E-state index contributed by atoms with van der Waals surface area (Å²) in [4.78, 5) is 25.3. The molecule has 0 aliphatic carbocycles. The van der Waals surface area contributed by atoms with E-state index in [9.17, 15) is 14.9 Å². The van der Waals surface area contributed by atoms with Crippen molar-refractivity contribution in [1.82, 2.24) is 4.90 Å². The molecule has 5 nitrogen and oxygen atoms in total. The molecule has 110 valence electrons. The highest BCUT2D eigenvalue weighted by molar-refractivity contribution is 9.10. The van der Waals surface area contributed by atoms with Crippen LogP contribution < -0.4 is 0 Å². The van der Waals surface area contributed by atoms with Crippen LogP contribution >= 0.6 is 43.2 Å². The third kappa shape index (κ3) is 4.12. The summed E-state index contributed by atoms with van der Waals surface area (Å²) in [5.74, 6) is -0.260. The number of nitrogens with zero attached hydrogens (tertiary/aromatic N) is 2. The molecule has 2 rings (SSSR count). The summed E-state index contributed by atoms with van der Waals surface area (Å²) in [5, 5.41) is 12.8. The number of benzene rings is 1. The molecule has 0 bridgehead atoms. The summed E-state index contributed by atoms with van der Waals surface area (Å²) in [7, 11) is 1.67. The lowest BCUT2D eigenvalue weighted by Gasteiger charge is -2.16. The Labute approximate surface area is 142 Å². The van der Waals surface area contributed by atoms with Crippen LogP contribution in [0.1, 0.15) is 15.2 Å². The predicted molar refractivity (Wildman–Crippen MR) is 88.6 cm³/mol. The Morgan fingerprint density at radius 1 is 1.29 bits per heavy atom. The molecule has 1 amide bonds. The van der Waals surface area contributed by atoms with Gasteiger partial charge in [-0.05, 0) is 28.1 Å². The molecule has 0 saturated carbocycles. The van der Waals surface area contributed by atoms with E-state index in [4.69, 9.17) is 0 Å². The van der Waals surface area contributed by atoms with Crippen molar-refractivity contribution in [2.45, 2.75) is 6.54 Å². The van der Waals surface area contributed by atoms with Gasteiger partial charge in [0.05, 0.1) is 11.5 Å². The maximum atomic E-state index is 12.4. The molecular formula is C13H10Br2N2O3S. The van der Waals surface area contributed by atoms with E-state index in [2.05, 4.69) is 31.9 Å². The van der Waals surface area contributed by atoms with Crippen molar-refractivity contribution in [3.63, 3.8) is 0 Å². The SMILES string of the molecule is CN(Cc1cc(Br)cs1)C(=O)c1cc(Br)cc([N+](=O)[O-])c1. The first-order valence-corrected chi connectivity index (χ1v) is 8.26. The zero-order valence-corrected chi connectivity index (χ0v) is 14.9. The number of nitro benzene ring substituents is 1. The van der Waals surface area contributed by atoms with Crippen LogP contribution in [-0.4, -0.2) is 22.8 Å². The summed E-state index contributed by atoms with van der Waals surface area (Å²) >= 11 is 8.10. The van der Waals surface area contributed by atoms with Crippen molar-refractivity contribution >= 4 is 54.8 Å². The van der Waals surface area contributed by atoms with Gasteiger partial charge in [-0.3, -0.25) is 14.9 Å². The lowest BCUT2D eigenvalue weighted by atomic mass is 10.2. The van der Waals surface area contributed by atoms with Crippen molar-refractivity contribution in [1.29, 1.82) is 0 Å². The standard InChI is InChI=1S/C13H10Br2N2O3S/c1-16(6-12-5-10(15)7-21-12)13(18)8-2-9(14)4-11(3-8)17(19)20/h2-5,7H,6H2,1H3. The van der Waals surface area contributed by atoms with Crippen LogP contribution in [0.25, 0.3) is 0 Å². The highest BCUT2D eigenvalue weighted by Crippen LogP contribution is 2.24. The minimum atomic E-state index is -0.516. The fraction of sp³-hybridized carbons (Fsp3) is 0.154. The van der Waals surface area contributed by atoms with E-state index in [0.29, 0.717) is 11.0 Å². The number of hydrogen-bond donors (Lipinski definition) is 0. The van der Waals surface area contributed by atoms with Gasteiger partial charge in [-0.1, -0.05) is 15.9 Å². The Hall–Kier alpha value is -1.25. The molecule has 0 N–H and O–H groups in total. The van der Waals surface area contributed by atoms with Crippen LogP contribution in [0, 0.1) is 10.1 Å². The fourth-order valence-electron chi connectivity index (χ4n) is 1.77. The third-order valence-electron chi connectivity index (χ3n) is 2.70. The maximum Gasteiger partial charge on any atom is 0.271 e. The van der Waals surface area contributed by atoms with Crippen molar-refractivity contribution in [2.75, 3.05) is 7.05 Å². The number of nitro groups is 1. The van der Waals surface area contributed by atoms with Gasteiger partial charge in [-0.25, -0.2) is 0 Å². The van der Waals surface area contributed by atoms with Crippen LogP contribution in [0.15, 0.2) is 38.6 Å². The first kappa shape index (κ1) is 16.1. The van der Waals surface area contributed by atoms with Gasteiger partial charge in [-0.15, -0.1) is 11.3 Å². The zero-order chi connectivity index (χ0) is 15.6. The number of halogens is 2. The number of non-ortho nitro benzene ring substituents is 1. The Balaban J connectivity index is 2.20. The van der Waals surface area contributed by atoms with E-state index in [1.54, 1.807) is 24.5 Å². The van der Waals surface area contributed by atoms with E-state index in [1.807, 2.05) is 11.4 Å². The summed E-state index contributed by atoms with van der Waals surface area (Å²) in [5.41, 5.74) is 0.175. The lowest BCUT2D eigenvalue weighted by Crippen LogP contribution is -2.25. The fourth-order valence-corrected chi connectivity index (χ4v) is 3.75. The number of carbonyl (C=O) groups excluding carboxylic acids is 1. The molecule has 0 spiro atoms. The summed E-state index contributed by atoms with van der Waals surface area (Å²) in [6.07, 6.45) is 0. The first-order valence-electron chi connectivity index (χ1n) is 5.80. The van der Waals surface area contributed by atoms with E-state index in [-0.39, 0.29) is 17.2 Å². The minimum absolute atomic E-state index is 0.111. The molecule has 8 heteroatoms. The molecule has 2 aromatic rings. The van der Waals surface area contributed by atoms with Crippen LogP contribution in [-0.2, 0) is 6.54 Å². The van der Waals surface area contributed by atoms with Crippen LogP contribution in [0.5, 0.6) is 0 Å². The molecule has 0 fully saturated rings. The summed E-state index contributed by atoms with van der Waals surface area (Å²) < 4.78 is 1.48. The second-order valence-electron chi connectivity index (χ2n) is 4.35. The van der Waals surface area contributed by atoms with Crippen molar-refractivity contribution in [3.8, 4) is 0 Å². The highest BCUT2D eigenvalue weighted by atomic mass is 79.9. The van der Waals surface area contributed by atoms with Crippen molar-refractivity contribution < 1.29 is 9.72 Å². The number of thiophene rings is 1. The quantitative estimate of drug-likeness (QED) is 0.528. The molecule has 0 unspecified atom stereocenters. The monoisotopic (exact) mass is 432 g/mol.